The largest absolute Gasteiger partial charge is 0.497 e. The lowest BCUT2D eigenvalue weighted by atomic mass is 10.0. The average molecular weight is 527 g/mol. The maximum absolute atomic E-state index is 13.8. The molecule has 3 aromatic carbocycles. The van der Waals surface area contributed by atoms with Gasteiger partial charge in [-0.05, 0) is 54.3 Å². The molecule has 5 nitrogen and oxygen atoms in total. The second-order valence-electron chi connectivity index (χ2n) is 8.81. The highest BCUT2D eigenvalue weighted by Crippen LogP contribution is 2.24. The van der Waals surface area contributed by atoms with E-state index in [0.29, 0.717) is 27.8 Å². The van der Waals surface area contributed by atoms with Gasteiger partial charge in [0, 0.05) is 29.1 Å². The van der Waals surface area contributed by atoms with Crippen molar-refractivity contribution in [2.75, 3.05) is 7.11 Å². The molecule has 7 heteroatoms. The number of carbonyl (C=O) groups is 2. The zero-order valence-corrected chi connectivity index (χ0v) is 22.4. The Morgan fingerprint density at radius 2 is 1.69 bits per heavy atom. The summed E-state index contributed by atoms with van der Waals surface area (Å²) in [5.74, 6) is 0.290. The average Bonchev–Trinajstić information content (AvgIpc) is 2.88. The number of ether oxygens (including phenoxy) is 1. The molecule has 0 aliphatic heterocycles. The fourth-order valence-corrected chi connectivity index (χ4v) is 4.37. The molecule has 0 spiro atoms. The van der Waals surface area contributed by atoms with E-state index in [9.17, 15) is 9.59 Å². The van der Waals surface area contributed by atoms with Crippen molar-refractivity contribution in [3.05, 3.63) is 99.5 Å². The molecule has 3 aromatic rings. The molecule has 0 bridgehead atoms. The Kier molecular flexibility index (Phi) is 10.2. The number of rotatable bonds is 11. The Morgan fingerprint density at radius 1 is 0.972 bits per heavy atom. The first kappa shape index (κ1) is 27.6. The van der Waals surface area contributed by atoms with E-state index in [1.165, 1.54) is 0 Å². The number of hydrogen-bond acceptors (Lipinski definition) is 3. The first-order valence-corrected chi connectivity index (χ1v) is 12.8. The van der Waals surface area contributed by atoms with Gasteiger partial charge >= 0.3 is 0 Å². The van der Waals surface area contributed by atoms with Crippen molar-refractivity contribution in [1.29, 1.82) is 0 Å². The van der Waals surface area contributed by atoms with Gasteiger partial charge in [-0.25, -0.2) is 0 Å². The second-order valence-corrected chi connectivity index (χ2v) is 9.65. The van der Waals surface area contributed by atoms with Crippen LogP contribution in [0.5, 0.6) is 5.75 Å². The molecule has 2 atom stereocenters. The number of methoxy groups -OCH3 is 1. The van der Waals surface area contributed by atoms with Crippen molar-refractivity contribution in [2.24, 2.45) is 0 Å². The molecule has 190 valence electrons. The Hall–Kier alpha value is -3.02. The number of carbonyl (C=O) groups excluding carboxylic acids is 2. The molecule has 1 N–H and O–H groups in total. The molecule has 0 aliphatic carbocycles. The molecule has 0 aliphatic rings. The normalized spacial score (nSPS) is 12.5. The van der Waals surface area contributed by atoms with Crippen molar-refractivity contribution >= 4 is 35.0 Å². The molecule has 2 amide bonds. The molecule has 0 heterocycles. The van der Waals surface area contributed by atoms with Crippen molar-refractivity contribution in [2.45, 2.75) is 51.7 Å². The highest BCUT2D eigenvalue weighted by atomic mass is 35.5. The molecule has 0 fully saturated rings. The van der Waals surface area contributed by atoms with Gasteiger partial charge < -0.3 is 15.0 Å². The molecule has 0 saturated heterocycles. The van der Waals surface area contributed by atoms with E-state index in [1.807, 2.05) is 68.4 Å². The predicted octanol–water partition coefficient (Wildman–Crippen LogP) is 6.10. The summed E-state index contributed by atoms with van der Waals surface area (Å²) in [6.45, 7) is 4.21. The van der Waals surface area contributed by atoms with Crippen LogP contribution in [0.1, 0.15) is 37.0 Å². The third-order valence-corrected chi connectivity index (χ3v) is 6.70. The number of nitrogens with zero attached hydrogens (tertiary/aromatic N) is 1. The SMILES string of the molecule is CC[C@@H](C)NC(=O)[C@@H](Cc1ccccc1)N(Cc1cccc(OC)c1)C(=O)Cc1ccc(Cl)cc1Cl. The minimum Gasteiger partial charge on any atom is -0.497 e. The lowest BCUT2D eigenvalue weighted by Crippen LogP contribution is -2.52. The van der Waals surface area contributed by atoms with Crippen LogP contribution in [0.3, 0.4) is 0 Å². The maximum atomic E-state index is 13.8. The minimum absolute atomic E-state index is 0.0183. The summed E-state index contributed by atoms with van der Waals surface area (Å²) < 4.78 is 5.38. The van der Waals surface area contributed by atoms with Crippen LogP contribution < -0.4 is 10.1 Å². The molecule has 3 rings (SSSR count). The summed E-state index contributed by atoms with van der Waals surface area (Å²) in [6.07, 6.45) is 1.21. The van der Waals surface area contributed by atoms with Crippen LogP contribution in [0, 0.1) is 0 Å². The first-order valence-electron chi connectivity index (χ1n) is 12.0. The van der Waals surface area contributed by atoms with E-state index in [2.05, 4.69) is 5.32 Å². The van der Waals surface area contributed by atoms with E-state index in [0.717, 1.165) is 17.5 Å². The van der Waals surface area contributed by atoms with E-state index < -0.39 is 6.04 Å². The van der Waals surface area contributed by atoms with E-state index in [1.54, 1.807) is 30.2 Å². The monoisotopic (exact) mass is 526 g/mol. The zero-order valence-electron chi connectivity index (χ0n) is 20.8. The lowest BCUT2D eigenvalue weighted by molar-refractivity contribution is -0.141. The molecule has 0 aromatic heterocycles. The van der Waals surface area contributed by atoms with Gasteiger partial charge in [0.2, 0.25) is 11.8 Å². The molecule has 0 radical (unpaired) electrons. The van der Waals surface area contributed by atoms with E-state index >= 15 is 0 Å². The Morgan fingerprint density at radius 3 is 2.36 bits per heavy atom. The van der Waals surface area contributed by atoms with Crippen LogP contribution >= 0.6 is 23.2 Å². The first-order chi connectivity index (χ1) is 17.3. The third-order valence-electron chi connectivity index (χ3n) is 6.12. The van der Waals surface area contributed by atoms with Crippen LogP contribution in [0.2, 0.25) is 10.0 Å². The van der Waals surface area contributed by atoms with Gasteiger partial charge in [-0.15, -0.1) is 0 Å². The Balaban J connectivity index is 2.00. The second kappa shape index (κ2) is 13.3. The van der Waals surface area contributed by atoms with Crippen molar-refractivity contribution in [3.63, 3.8) is 0 Å². The standard InChI is InChI=1S/C29H32Cl2N2O3/c1-4-20(2)32-29(35)27(16-21-9-6-5-7-10-21)33(19-22-11-8-12-25(15-22)36-3)28(34)17-23-13-14-24(30)18-26(23)31/h5-15,18,20,27H,4,16-17,19H2,1-3H3,(H,32,35)/t20-,27-/m1/s1. The molecule has 0 unspecified atom stereocenters. The van der Waals surface area contributed by atoms with Crippen LogP contribution in [0.15, 0.2) is 72.8 Å². The van der Waals surface area contributed by atoms with Crippen LogP contribution in [0.25, 0.3) is 0 Å². The predicted molar refractivity (Wildman–Crippen MR) is 146 cm³/mol. The van der Waals surface area contributed by atoms with Gasteiger partial charge in [0.1, 0.15) is 11.8 Å². The van der Waals surface area contributed by atoms with Crippen LogP contribution in [-0.2, 0) is 29.0 Å². The van der Waals surface area contributed by atoms with Gasteiger partial charge in [-0.1, -0.05) is 78.7 Å². The van der Waals surface area contributed by atoms with Crippen molar-refractivity contribution < 1.29 is 14.3 Å². The number of halogens is 2. The number of amides is 2. The Labute approximate surface area is 223 Å². The number of nitrogens with one attached hydrogen (secondary N) is 1. The minimum atomic E-state index is -0.717. The molecule has 36 heavy (non-hydrogen) atoms. The lowest BCUT2D eigenvalue weighted by Gasteiger charge is -2.32. The molecule has 0 saturated carbocycles. The summed E-state index contributed by atoms with van der Waals surface area (Å²) >= 11 is 12.4. The summed E-state index contributed by atoms with van der Waals surface area (Å²) in [7, 11) is 1.60. The summed E-state index contributed by atoms with van der Waals surface area (Å²) in [4.78, 5) is 29.0. The quantitative estimate of drug-likeness (QED) is 0.328. The number of benzene rings is 3. The number of hydrogen-bond donors (Lipinski definition) is 1. The molecular formula is C29H32Cl2N2O3. The fourth-order valence-electron chi connectivity index (χ4n) is 3.89. The summed E-state index contributed by atoms with van der Waals surface area (Å²) in [5, 5.41) is 3.99. The van der Waals surface area contributed by atoms with Gasteiger partial charge in [-0.2, -0.15) is 0 Å². The highest BCUT2D eigenvalue weighted by Gasteiger charge is 2.31. The van der Waals surface area contributed by atoms with Gasteiger partial charge in [-0.3, -0.25) is 9.59 Å². The summed E-state index contributed by atoms with van der Waals surface area (Å²) in [5.41, 5.74) is 2.48. The highest BCUT2D eigenvalue weighted by molar-refractivity contribution is 6.35. The van der Waals surface area contributed by atoms with Gasteiger partial charge in [0.05, 0.1) is 13.5 Å². The smallest absolute Gasteiger partial charge is 0.243 e. The van der Waals surface area contributed by atoms with Crippen molar-refractivity contribution in [3.8, 4) is 5.75 Å². The van der Waals surface area contributed by atoms with Gasteiger partial charge in [0.25, 0.3) is 0 Å². The van der Waals surface area contributed by atoms with Crippen molar-refractivity contribution in [1.82, 2.24) is 10.2 Å². The Bertz CT molecular complexity index is 1170. The van der Waals surface area contributed by atoms with E-state index in [-0.39, 0.29) is 30.8 Å². The topological polar surface area (TPSA) is 58.6 Å². The van der Waals surface area contributed by atoms with Crippen LogP contribution in [-0.4, -0.2) is 35.9 Å². The van der Waals surface area contributed by atoms with Crippen LogP contribution in [0.4, 0.5) is 0 Å². The fraction of sp³-hybridized carbons (Fsp3) is 0.310. The molecular weight excluding hydrogens is 495 g/mol. The summed E-state index contributed by atoms with van der Waals surface area (Å²) in [6, 6.07) is 21.6. The van der Waals surface area contributed by atoms with Gasteiger partial charge in [0.15, 0.2) is 0 Å². The third kappa shape index (κ3) is 7.74. The maximum Gasteiger partial charge on any atom is 0.243 e. The zero-order chi connectivity index (χ0) is 26.1. The van der Waals surface area contributed by atoms with E-state index in [4.69, 9.17) is 27.9 Å².